The zero-order valence-electron chi connectivity index (χ0n) is 16.7. The van der Waals surface area contributed by atoms with Gasteiger partial charge in [-0.1, -0.05) is 54.6 Å². The third kappa shape index (κ3) is 7.10. The molecule has 6 nitrogen and oxygen atoms in total. The minimum absolute atomic E-state index is 0.00603. The summed E-state index contributed by atoms with van der Waals surface area (Å²) in [6, 6.07) is 8.68. The Morgan fingerprint density at radius 3 is 2.32 bits per heavy atom. The number of nitrogens with one attached hydrogen (secondary N) is 1. The predicted octanol–water partition coefficient (Wildman–Crippen LogP) is 6.04. The van der Waals surface area contributed by atoms with Gasteiger partial charge in [-0.15, -0.1) is 0 Å². The van der Waals surface area contributed by atoms with Crippen LogP contribution in [0.25, 0.3) is 0 Å². The van der Waals surface area contributed by atoms with E-state index in [1.165, 1.54) is 30.3 Å². The lowest BCUT2D eigenvalue weighted by molar-refractivity contribution is -0.137. The number of hydrogen-bond acceptors (Lipinski definition) is 4. The molecule has 0 aliphatic carbocycles. The molecule has 0 saturated carbocycles. The first-order valence-electron chi connectivity index (χ1n) is 9.58. The standard InChI is InChI=1S/C21H22Cl3NO5S/c1-2-3-4-15(7-10-20(26)27)31(29,30)25-19-9-5-13(11-18(19)24)21(28)16-8-6-14(22)12-17(16)23/h5-6,8-9,11-12,15,25H,2-4,7,10H2,1H3,(H,26,27). The molecule has 0 fully saturated rings. The van der Waals surface area contributed by atoms with E-state index in [9.17, 15) is 18.0 Å². The molecule has 0 aliphatic rings. The van der Waals surface area contributed by atoms with E-state index in [1.54, 1.807) is 6.07 Å². The van der Waals surface area contributed by atoms with Crippen LogP contribution in [0, 0.1) is 0 Å². The monoisotopic (exact) mass is 505 g/mol. The number of unbranched alkanes of at least 4 members (excludes halogenated alkanes) is 1. The number of carboxylic acid groups (broad SMARTS) is 1. The molecule has 0 bridgehead atoms. The molecule has 168 valence electrons. The van der Waals surface area contributed by atoms with E-state index < -0.39 is 21.2 Å². The van der Waals surface area contributed by atoms with Crippen LogP contribution in [0.1, 0.15) is 54.9 Å². The summed E-state index contributed by atoms with van der Waals surface area (Å²) in [5.74, 6) is -1.45. The summed E-state index contributed by atoms with van der Waals surface area (Å²) >= 11 is 18.2. The number of rotatable bonds is 11. The SMILES string of the molecule is CCCCC(CCC(=O)O)S(=O)(=O)Nc1ccc(C(=O)c2ccc(Cl)cc2Cl)cc1Cl. The molecule has 0 heterocycles. The van der Waals surface area contributed by atoms with E-state index in [4.69, 9.17) is 39.9 Å². The van der Waals surface area contributed by atoms with Crippen molar-refractivity contribution in [2.75, 3.05) is 4.72 Å². The van der Waals surface area contributed by atoms with Crippen molar-refractivity contribution in [2.24, 2.45) is 0 Å². The fourth-order valence-electron chi connectivity index (χ4n) is 2.98. The zero-order valence-corrected chi connectivity index (χ0v) is 19.8. The van der Waals surface area contributed by atoms with Gasteiger partial charge in [-0.25, -0.2) is 8.42 Å². The second-order valence-electron chi connectivity index (χ2n) is 6.99. The number of hydrogen-bond donors (Lipinski definition) is 2. The van der Waals surface area contributed by atoms with Gasteiger partial charge in [-0.05, 0) is 49.2 Å². The van der Waals surface area contributed by atoms with Gasteiger partial charge in [0.2, 0.25) is 10.0 Å². The maximum Gasteiger partial charge on any atom is 0.303 e. The molecule has 2 aromatic carbocycles. The lowest BCUT2D eigenvalue weighted by Gasteiger charge is -2.19. The molecule has 2 N–H and O–H groups in total. The number of anilines is 1. The van der Waals surface area contributed by atoms with E-state index in [0.717, 1.165) is 6.42 Å². The van der Waals surface area contributed by atoms with Gasteiger partial charge in [0.15, 0.2) is 5.78 Å². The first kappa shape index (κ1) is 25.5. The highest BCUT2D eigenvalue weighted by molar-refractivity contribution is 7.93. The number of benzene rings is 2. The molecule has 31 heavy (non-hydrogen) atoms. The Hall–Kier alpha value is -1.80. The quantitative estimate of drug-likeness (QED) is 0.362. The van der Waals surface area contributed by atoms with Crippen LogP contribution in [-0.4, -0.2) is 30.5 Å². The van der Waals surface area contributed by atoms with Crippen LogP contribution in [-0.2, 0) is 14.8 Å². The summed E-state index contributed by atoms with van der Waals surface area (Å²) in [7, 11) is -3.88. The summed E-state index contributed by atoms with van der Waals surface area (Å²) in [6.45, 7) is 1.92. The molecule has 0 aliphatic heterocycles. The average Bonchev–Trinajstić information content (AvgIpc) is 2.68. The van der Waals surface area contributed by atoms with Crippen molar-refractivity contribution in [1.82, 2.24) is 0 Å². The molecule has 0 radical (unpaired) electrons. The molecular weight excluding hydrogens is 485 g/mol. The van der Waals surface area contributed by atoms with Gasteiger partial charge < -0.3 is 5.11 Å². The first-order valence-corrected chi connectivity index (χ1v) is 12.3. The number of carbonyl (C=O) groups is 2. The van der Waals surface area contributed by atoms with Crippen LogP contribution < -0.4 is 4.72 Å². The van der Waals surface area contributed by atoms with Gasteiger partial charge in [0.25, 0.3) is 0 Å². The van der Waals surface area contributed by atoms with Gasteiger partial charge in [0.05, 0.1) is 21.0 Å². The van der Waals surface area contributed by atoms with Crippen LogP contribution in [0.15, 0.2) is 36.4 Å². The third-order valence-corrected chi connectivity index (χ3v) is 7.37. The molecule has 10 heteroatoms. The van der Waals surface area contributed by atoms with Crippen LogP contribution in [0.4, 0.5) is 5.69 Å². The normalized spacial score (nSPS) is 12.4. The fourth-order valence-corrected chi connectivity index (χ4v) is 5.31. The van der Waals surface area contributed by atoms with Crippen molar-refractivity contribution in [3.63, 3.8) is 0 Å². The van der Waals surface area contributed by atoms with Gasteiger partial charge in [-0.3, -0.25) is 14.3 Å². The van der Waals surface area contributed by atoms with Crippen molar-refractivity contribution in [3.8, 4) is 0 Å². The lowest BCUT2D eigenvalue weighted by atomic mass is 10.0. The topological polar surface area (TPSA) is 101 Å². The van der Waals surface area contributed by atoms with Crippen LogP contribution >= 0.6 is 34.8 Å². The highest BCUT2D eigenvalue weighted by atomic mass is 35.5. The Morgan fingerprint density at radius 1 is 1.03 bits per heavy atom. The zero-order chi connectivity index (χ0) is 23.2. The van der Waals surface area contributed by atoms with Crippen molar-refractivity contribution >= 4 is 62.3 Å². The van der Waals surface area contributed by atoms with E-state index in [1.807, 2.05) is 6.92 Å². The number of sulfonamides is 1. The van der Waals surface area contributed by atoms with Gasteiger partial charge in [0.1, 0.15) is 0 Å². The van der Waals surface area contributed by atoms with E-state index in [-0.39, 0.29) is 45.5 Å². The van der Waals surface area contributed by atoms with Crippen LogP contribution in [0.5, 0.6) is 0 Å². The predicted molar refractivity (Wildman–Crippen MR) is 124 cm³/mol. The largest absolute Gasteiger partial charge is 0.481 e. The number of ketones is 1. The number of carbonyl (C=O) groups excluding carboxylic acids is 1. The molecule has 0 amide bonds. The second-order valence-corrected chi connectivity index (χ2v) is 10.2. The third-order valence-electron chi connectivity index (χ3n) is 4.66. The van der Waals surface area contributed by atoms with E-state index >= 15 is 0 Å². The number of aliphatic carboxylic acids is 1. The van der Waals surface area contributed by atoms with Gasteiger partial charge in [-0.2, -0.15) is 0 Å². The Labute approximate surface area is 196 Å². The Morgan fingerprint density at radius 2 is 1.74 bits per heavy atom. The minimum Gasteiger partial charge on any atom is -0.481 e. The van der Waals surface area contributed by atoms with Crippen molar-refractivity contribution < 1.29 is 23.1 Å². The molecule has 2 rings (SSSR count). The molecular formula is C21H22Cl3NO5S. The van der Waals surface area contributed by atoms with E-state index in [2.05, 4.69) is 4.72 Å². The maximum absolute atomic E-state index is 12.8. The highest BCUT2D eigenvalue weighted by Crippen LogP contribution is 2.29. The summed E-state index contributed by atoms with van der Waals surface area (Å²) in [5.41, 5.74) is 0.576. The Kier molecular flexibility index (Phi) is 9.18. The Bertz CT molecular complexity index is 1070. The molecule has 1 unspecified atom stereocenters. The number of halogens is 3. The fraction of sp³-hybridized carbons (Fsp3) is 0.333. The molecule has 0 aromatic heterocycles. The summed E-state index contributed by atoms with van der Waals surface area (Å²) in [5, 5.41) is 8.66. The lowest BCUT2D eigenvalue weighted by Crippen LogP contribution is -2.28. The van der Waals surface area contributed by atoms with Gasteiger partial charge in [0, 0.05) is 22.6 Å². The maximum atomic E-state index is 12.8. The first-order chi connectivity index (χ1) is 14.5. The Balaban J connectivity index is 2.25. The van der Waals surface area contributed by atoms with Crippen molar-refractivity contribution in [1.29, 1.82) is 0 Å². The summed E-state index contributed by atoms with van der Waals surface area (Å²) in [4.78, 5) is 23.6. The summed E-state index contributed by atoms with van der Waals surface area (Å²) in [6.07, 6.45) is 1.51. The van der Waals surface area contributed by atoms with E-state index in [0.29, 0.717) is 17.9 Å². The van der Waals surface area contributed by atoms with Crippen molar-refractivity contribution in [2.45, 2.75) is 44.3 Å². The molecule has 0 saturated heterocycles. The van der Waals surface area contributed by atoms with Crippen LogP contribution in [0.2, 0.25) is 15.1 Å². The number of carboxylic acids is 1. The molecule has 2 aromatic rings. The summed E-state index contributed by atoms with van der Waals surface area (Å²) < 4.78 is 28.1. The smallest absolute Gasteiger partial charge is 0.303 e. The van der Waals surface area contributed by atoms with Crippen molar-refractivity contribution in [3.05, 3.63) is 62.6 Å². The minimum atomic E-state index is -3.88. The highest BCUT2D eigenvalue weighted by Gasteiger charge is 2.26. The van der Waals surface area contributed by atoms with Crippen LogP contribution in [0.3, 0.4) is 0 Å². The average molecular weight is 507 g/mol. The molecule has 0 spiro atoms. The molecule has 1 atom stereocenters. The van der Waals surface area contributed by atoms with Gasteiger partial charge >= 0.3 is 5.97 Å². The second kappa shape index (κ2) is 11.2.